The van der Waals surface area contributed by atoms with Gasteiger partial charge in [0.15, 0.2) is 5.78 Å². The highest BCUT2D eigenvalue weighted by Crippen LogP contribution is 2.23. The topological polar surface area (TPSA) is 107 Å². The molecule has 3 atom stereocenters. The molecular weight excluding hydrogens is 330 g/mol. The van der Waals surface area contributed by atoms with Crippen molar-refractivity contribution in [2.75, 3.05) is 6.61 Å². The standard InChI is InChI=1S/C19H31NO5/c1-2-3-4-5-6-7-8-9-10-11-12-13-16(22)19(25)17(23)15(14-21)20-18(19)24/h10-13,15,17,21,23,25H,2-9,14H2,1H3,(H,20,24)/b11-10+,13-12+/t15-,17-,19+/m0/s1/i2+1,4+1,6+1,8+1,10+1,12+1,16+1,18+1. The summed E-state index contributed by atoms with van der Waals surface area (Å²) in [5.41, 5.74) is -2.53. The van der Waals surface area contributed by atoms with Gasteiger partial charge < -0.3 is 20.6 Å². The van der Waals surface area contributed by atoms with Crippen molar-refractivity contribution in [3.8, 4) is 0 Å². The molecule has 25 heavy (non-hydrogen) atoms. The molecule has 0 bridgehead atoms. The zero-order chi connectivity index (χ0) is 18.7. The Balaban J connectivity index is 2.31. The van der Waals surface area contributed by atoms with Gasteiger partial charge >= 0.3 is 0 Å². The fourth-order valence-corrected chi connectivity index (χ4v) is 2.85. The number of rotatable bonds is 12. The molecule has 0 unspecified atom stereocenters. The van der Waals surface area contributed by atoms with Crippen molar-refractivity contribution in [2.24, 2.45) is 0 Å². The van der Waals surface area contributed by atoms with Gasteiger partial charge in [0.05, 0.1) is 12.6 Å². The fourth-order valence-electron chi connectivity index (χ4n) is 2.85. The van der Waals surface area contributed by atoms with E-state index in [0.717, 1.165) is 18.9 Å². The Morgan fingerprint density at radius 3 is 2.40 bits per heavy atom. The second-order valence-electron chi connectivity index (χ2n) is 6.54. The van der Waals surface area contributed by atoms with Crippen molar-refractivity contribution in [2.45, 2.75) is 76.0 Å². The third-order valence-corrected chi connectivity index (χ3v) is 4.51. The van der Waals surface area contributed by atoms with E-state index in [1.807, 2.05) is 6.08 Å². The Kier molecular flexibility index (Phi) is 9.63. The molecule has 1 aliphatic rings. The van der Waals surface area contributed by atoms with Crippen LogP contribution in [0.25, 0.3) is 0 Å². The Morgan fingerprint density at radius 2 is 1.80 bits per heavy atom. The lowest BCUT2D eigenvalue weighted by Gasteiger charge is -2.21. The molecule has 1 aliphatic heterocycles. The maximum absolute atomic E-state index is 12.0. The Hall–Kier alpha value is -1.50. The van der Waals surface area contributed by atoms with Crippen molar-refractivity contribution >= 4 is 11.7 Å². The normalized spacial score (nSPS) is 26.6. The van der Waals surface area contributed by atoms with Gasteiger partial charge in [-0.2, -0.15) is 0 Å². The largest absolute Gasteiger partial charge is 0.394 e. The van der Waals surface area contributed by atoms with E-state index in [1.165, 1.54) is 44.6 Å². The van der Waals surface area contributed by atoms with Crippen LogP contribution in [0.1, 0.15) is 58.3 Å². The summed E-state index contributed by atoms with van der Waals surface area (Å²) in [5, 5.41) is 31.2. The van der Waals surface area contributed by atoms with Gasteiger partial charge in [-0.05, 0) is 18.9 Å². The third kappa shape index (κ3) is 6.06. The van der Waals surface area contributed by atoms with E-state index < -0.39 is 36.0 Å². The van der Waals surface area contributed by atoms with Crippen molar-refractivity contribution in [3.05, 3.63) is 24.3 Å². The molecule has 0 aromatic carbocycles. The quantitative estimate of drug-likeness (QED) is 0.138. The molecule has 0 aromatic heterocycles. The van der Waals surface area contributed by atoms with E-state index in [-0.39, 0.29) is 0 Å². The van der Waals surface area contributed by atoms with Crippen LogP contribution in [0.2, 0.25) is 0 Å². The molecule has 0 spiro atoms. The maximum atomic E-state index is 12.0. The number of carbonyl (C=O) groups is 2. The summed E-state index contributed by atoms with van der Waals surface area (Å²) in [5.74, 6) is -1.88. The van der Waals surface area contributed by atoms with Crippen LogP contribution >= 0.6 is 0 Å². The Morgan fingerprint density at radius 1 is 1.16 bits per heavy atom. The first-order valence-corrected chi connectivity index (χ1v) is 9.18. The lowest BCUT2D eigenvalue weighted by atomic mass is 10.1. The molecule has 1 fully saturated rings. The van der Waals surface area contributed by atoms with Gasteiger partial charge in [-0.15, -0.1) is 0 Å². The van der Waals surface area contributed by atoms with Crippen LogP contribution in [0.15, 0.2) is 24.3 Å². The van der Waals surface area contributed by atoms with Gasteiger partial charge in [-0.3, -0.25) is 9.59 Å². The number of unbranched alkanes of at least 4 members (excludes halogenated alkanes) is 7. The molecule has 6 nitrogen and oxygen atoms in total. The fraction of sp³-hybridized carbons (Fsp3) is 0.684. The average molecular weight is 361 g/mol. The van der Waals surface area contributed by atoms with Gasteiger partial charge in [-0.1, -0.05) is 63.7 Å². The first-order valence-electron chi connectivity index (χ1n) is 9.18. The molecule has 1 rings (SSSR count). The lowest BCUT2D eigenvalue weighted by molar-refractivity contribution is -0.154. The van der Waals surface area contributed by atoms with E-state index in [1.54, 1.807) is 6.08 Å². The Bertz CT molecular complexity index is 488. The molecule has 0 aromatic rings. The number of allylic oxidation sites excluding steroid dienone is 3. The van der Waals surface area contributed by atoms with Crippen LogP contribution in [-0.2, 0) is 9.59 Å². The van der Waals surface area contributed by atoms with Crippen LogP contribution in [0.4, 0.5) is 0 Å². The summed E-state index contributed by atoms with van der Waals surface area (Å²) in [6.45, 7) is 1.65. The molecule has 1 heterocycles. The summed E-state index contributed by atoms with van der Waals surface area (Å²) in [6.07, 6.45) is 14.1. The predicted octanol–water partition coefficient (Wildman–Crippen LogP) is 1.39. The van der Waals surface area contributed by atoms with Gasteiger partial charge in [0.25, 0.3) is 5.91 Å². The summed E-state index contributed by atoms with van der Waals surface area (Å²) in [7, 11) is 0. The number of aliphatic hydroxyl groups is 3. The van der Waals surface area contributed by atoms with E-state index in [4.69, 9.17) is 5.11 Å². The average Bonchev–Trinajstić information content (AvgIpc) is 2.84. The highest BCUT2D eigenvalue weighted by molar-refractivity contribution is 6.16. The first kappa shape index (κ1) is 21.5. The van der Waals surface area contributed by atoms with Gasteiger partial charge in [-0.25, -0.2) is 0 Å². The summed E-state index contributed by atoms with van der Waals surface area (Å²) >= 11 is 0. The lowest BCUT2D eigenvalue weighted by Crippen LogP contribution is -2.52. The first-order chi connectivity index (χ1) is 12.0. The van der Waals surface area contributed by atoms with E-state index >= 15 is 0 Å². The van der Waals surface area contributed by atoms with Crippen LogP contribution in [0, 0.1) is 0 Å². The monoisotopic (exact) mass is 361 g/mol. The molecule has 1 amide bonds. The molecular formula is C19H31NO5. The van der Waals surface area contributed by atoms with Gasteiger partial charge in [0.2, 0.25) is 5.60 Å². The van der Waals surface area contributed by atoms with Crippen molar-refractivity contribution in [1.29, 1.82) is 0 Å². The molecule has 1 saturated heterocycles. The van der Waals surface area contributed by atoms with Gasteiger partial charge in [0, 0.05) is 0 Å². The number of ketones is 1. The number of hydrogen-bond acceptors (Lipinski definition) is 5. The number of amides is 1. The number of carbonyl (C=O) groups excluding carboxylic acids is 2. The van der Waals surface area contributed by atoms with E-state index in [0.29, 0.717) is 0 Å². The van der Waals surface area contributed by atoms with Crippen molar-refractivity contribution in [3.63, 3.8) is 0 Å². The zero-order valence-corrected chi connectivity index (χ0v) is 15.0. The smallest absolute Gasteiger partial charge is 0.263 e. The SMILES string of the molecule is C[13CH2]C[13CH2]C[13CH2]C[13CH2]C/[13CH]=C/[13CH]=C/[13C](=O)[C@@]1(O)[C@@H](O)[C@H](CO)N[13C]1=O. The minimum atomic E-state index is -2.53. The summed E-state index contributed by atoms with van der Waals surface area (Å²) < 4.78 is 0. The minimum absolute atomic E-state index is 0.551. The Labute approximate surface area is 149 Å². The highest BCUT2D eigenvalue weighted by Gasteiger charge is 2.57. The minimum Gasteiger partial charge on any atom is -0.394 e. The predicted molar refractivity (Wildman–Crippen MR) is 95.9 cm³/mol. The second kappa shape index (κ2) is 11.2. The molecule has 0 aliphatic carbocycles. The molecule has 142 valence electrons. The maximum Gasteiger partial charge on any atom is 0.263 e. The molecule has 0 saturated carbocycles. The van der Waals surface area contributed by atoms with Crippen molar-refractivity contribution in [1.82, 2.24) is 5.32 Å². The van der Waals surface area contributed by atoms with Crippen LogP contribution in [-0.4, -0.2) is 51.4 Å². The van der Waals surface area contributed by atoms with Crippen molar-refractivity contribution < 1.29 is 24.9 Å². The summed E-state index contributed by atoms with van der Waals surface area (Å²) in [4.78, 5) is 23.8. The van der Waals surface area contributed by atoms with Gasteiger partial charge in [0.1, 0.15) is 6.10 Å². The molecule has 0 radical (unpaired) electrons. The van der Waals surface area contributed by atoms with Crippen LogP contribution < -0.4 is 5.32 Å². The third-order valence-electron chi connectivity index (χ3n) is 4.51. The number of nitrogens with one attached hydrogen (secondary N) is 1. The second-order valence-corrected chi connectivity index (χ2v) is 6.54. The highest BCUT2D eigenvalue weighted by atomic mass is 16.4. The molecule has 6 heteroatoms. The van der Waals surface area contributed by atoms with Crippen LogP contribution in [0.3, 0.4) is 0 Å². The van der Waals surface area contributed by atoms with Crippen LogP contribution in [0.5, 0.6) is 0 Å². The zero-order valence-electron chi connectivity index (χ0n) is 15.0. The number of aliphatic hydroxyl groups excluding tert-OH is 2. The van der Waals surface area contributed by atoms with E-state index in [2.05, 4.69) is 12.2 Å². The molecule has 4 N–H and O–H groups in total. The number of hydrogen-bond donors (Lipinski definition) is 4. The van der Waals surface area contributed by atoms with E-state index in [9.17, 15) is 19.8 Å². The summed E-state index contributed by atoms with van der Waals surface area (Å²) in [6, 6.07) is -1.04.